The molecule has 0 saturated heterocycles. The van der Waals surface area contributed by atoms with Gasteiger partial charge in [-0.05, 0) is 56.2 Å². The molecule has 2 aromatic carbocycles. The van der Waals surface area contributed by atoms with Crippen LogP contribution in [0.25, 0.3) is 0 Å². The second-order valence-corrected chi connectivity index (χ2v) is 8.61. The molecule has 3 rings (SSSR count). The van der Waals surface area contributed by atoms with E-state index in [1.165, 1.54) is 29.2 Å². The van der Waals surface area contributed by atoms with Crippen molar-refractivity contribution >= 4 is 11.9 Å². The van der Waals surface area contributed by atoms with Gasteiger partial charge < -0.3 is 19.5 Å². The molecule has 2 aromatic rings. The van der Waals surface area contributed by atoms with E-state index in [9.17, 15) is 31.4 Å². The molecule has 190 valence electrons. The van der Waals surface area contributed by atoms with Gasteiger partial charge in [0.15, 0.2) is 6.10 Å². The Morgan fingerprint density at radius 2 is 1.71 bits per heavy atom. The van der Waals surface area contributed by atoms with Gasteiger partial charge in [-0.1, -0.05) is 18.2 Å². The van der Waals surface area contributed by atoms with Crippen LogP contribution in [0.2, 0.25) is 0 Å². The first-order valence-electron chi connectivity index (χ1n) is 10.6. The molecule has 1 aliphatic heterocycles. The van der Waals surface area contributed by atoms with E-state index in [4.69, 9.17) is 4.74 Å². The fraction of sp³-hybridized carbons (Fsp3) is 0.375. The lowest BCUT2D eigenvalue weighted by Gasteiger charge is -2.29. The van der Waals surface area contributed by atoms with Gasteiger partial charge in [-0.25, -0.2) is 0 Å². The lowest BCUT2D eigenvalue weighted by molar-refractivity contribution is -0.274. The highest BCUT2D eigenvalue weighted by Crippen LogP contribution is 2.30. The number of benzene rings is 2. The van der Waals surface area contributed by atoms with E-state index in [2.05, 4.69) is 9.73 Å². The van der Waals surface area contributed by atoms with Crippen LogP contribution in [0.3, 0.4) is 0 Å². The summed E-state index contributed by atoms with van der Waals surface area (Å²) in [5.41, 5.74) is 0.252. The average Bonchev–Trinajstić information content (AvgIpc) is 2.73. The Balaban J connectivity index is 1.85. The Kier molecular flexibility index (Phi) is 7.68. The molecular formula is C24H24F6N2O3. The molecule has 11 heteroatoms. The van der Waals surface area contributed by atoms with Gasteiger partial charge in [-0.2, -0.15) is 13.2 Å². The van der Waals surface area contributed by atoms with Gasteiger partial charge in [-0.3, -0.25) is 4.99 Å². The van der Waals surface area contributed by atoms with E-state index in [0.29, 0.717) is 17.9 Å². The molecular weight excluding hydrogens is 478 g/mol. The molecule has 0 aromatic heterocycles. The Labute approximate surface area is 198 Å². The predicted octanol–water partition coefficient (Wildman–Crippen LogP) is 6.03. The molecule has 0 bridgehead atoms. The number of ether oxygens (including phenoxy) is 2. The van der Waals surface area contributed by atoms with Gasteiger partial charge in [0, 0.05) is 18.3 Å². The highest BCUT2D eigenvalue weighted by atomic mass is 19.4. The number of allylic oxidation sites excluding steroid dienone is 1. The molecule has 1 atom stereocenters. The van der Waals surface area contributed by atoms with E-state index >= 15 is 0 Å². The molecule has 35 heavy (non-hydrogen) atoms. The van der Waals surface area contributed by atoms with Crippen molar-refractivity contribution in [2.24, 2.45) is 4.99 Å². The fourth-order valence-corrected chi connectivity index (χ4v) is 3.28. The van der Waals surface area contributed by atoms with Gasteiger partial charge in [0.1, 0.15) is 17.3 Å². The smallest absolute Gasteiger partial charge is 0.456 e. The Bertz CT molecular complexity index is 1080. The Morgan fingerprint density at radius 3 is 2.34 bits per heavy atom. The summed E-state index contributed by atoms with van der Waals surface area (Å²) in [4.78, 5) is 5.57. The topological polar surface area (TPSA) is 54.3 Å². The van der Waals surface area contributed by atoms with Gasteiger partial charge in [0.2, 0.25) is 0 Å². The largest absolute Gasteiger partial charge is 0.573 e. The van der Waals surface area contributed by atoms with Gasteiger partial charge in [0.25, 0.3) is 0 Å². The van der Waals surface area contributed by atoms with Crippen molar-refractivity contribution in [3.63, 3.8) is 0 Å². The first kappa shape index (κ1) is 26.4. The molecule has 1 heterocycles. The number of hydrogen-bond donors (Lipinski definition) is 1. The van der Waals surface area contributed by atoms with Crippen molar-refractivity contribution < 1.29 is 40.9 Å². The van der Waals surface area contributed by atoms with E-state index in [-0.39, 0.29) is 23.3 Å². The minimum Gasteiger partial charge on any atom is -0.456 e. The minimum absolute atomic E-state index is 0.232. The van der Waals surface area contributed by atoms with Crippen molar-refractivity contribution in [2.45, 2.75) is 51.0 Å². The van der Waals surface area contributed by atoms with Crippen LogP contribution in [0.15, 0.2) is 65.4 Å². The SMILES string of the molecule is CC1(C)CC=C(Oc2cccc(N(Cc3cccc(OC(F)(F)F)c3)CC(O)C(F)(F)F)c2)C=N1. The van der Waals surface area contributed by atoms with Crippen LogP contribution in [0.1, 0.15) is 25.8 Å². The van der Waals surface area contributed by atoms with Gasteiger partial charge in [0.05, 0.1) is 18.3 Å². The first-order chi connectivity index (χ1) is 16.2. The summed E-state index contributed by atoms with van der Waals surface area (Å²) in [7, 11) is 0. The Morgan fingerprint density at radius 1 is 1.03 bits per heavy atom. The van der Waals surface area contributed by atoms with Crippen LogP contribution in [0, 0.1) is 0 Å². The standard InChI is InChI=1S/C24H24F6N2O3/c1-22(2)10-9-20(13-31-22)34-18-7-4-6-17(12-18)32(15-21(33)23(25,26)27)14-16-5-3-8-19(11-16)35-24(28,29)30/h3-9,11-13,21,33H,10,14-15H2,1-2H3. The third-order valence-electron chi connectivity index (χ3n) is 5.04. The molecule has 1 N–H and O–H groups in total. The van der Waals surface area contributed by atoms with Gasteiger partial charge >= 0.3 is 12.5 Å². The van der Waals surface area contributed by atoms with Crippen molar-refractivity contribution in [2.75, 3.05) is 11.4 Å². The number of anilines is 1. The number of hydrogen-bond acceptors (Lipinski definition) is 5. The maximum Gasteiger partial charge on any atom is 0.573 e. The van der Waals surface area contributed by atoms with Crippen molar-refractivity contribution in [1.82, 2.24) is 0 Å². The average molecular weight is 502 g/mol. The summed E-state index contributed by atoms with van der Waals surface area (Å²) in [6.45, 7) is 2.83. The summed E-state index contributed by atoms with van der Waals surface area (Å²) >= 11 is 0. The molecule has 1 aliphatic rings. The lowest BCUT2D eigenvalue weighted by Crippen LogP contribution is -2.40. The summed E-state index contributed by atoms with van der Waals surface area (Å²) in [6.07, 6.45) is -8.44. The predicted molar refractivity (Wildman–Crippen MR) is 119 cm³/mol. The second kappa shape index (κ2) is 10.2. The van der Waals surface area contributed by atoms with Crippen molar-refractivity contribution in [3.8, 4) is 11.5 Å². The number of aliphatic hydroxyl groups is 1. The molecule has 5 nitrogen and oxygen atoms in total. The summed E-state index contributed by atoms with van der Waals surface area (Å²) in [5.74, 6) is 0.288. The zero-order valence-electron chi connectivity index (χ0n) is 18.9. The number of dihydropyridines is 1. The Hall–Kier alpha value is -3.21. The molecule has 0 spiro atoms. The fourth-order valence-electron chi connectivity index (χ4n) is 3.28. The first-order valence-corrected chi connectivity index (χ1v) is 10.6. The number of halogens is 6. The van der Waals surface area contributed by atoms with E-state index < -0.39 is 30.9 Å². The molecule has 0 saturated carbocycles. The minimum atomic E-state index is -4.91. The zero-order valence-corrected chi connectivity index (χ0v) is 18.9. The molecule has 0 amide bonds. The third kappa shape index (κ3) is 8.20. The number of aliphatic hydroxyl groups excluding tert-OH is 1. The van der Waals surface area contributed by atoms with Crippen LogP contribution < -0.4 is 14.4 Å². The van der Waals surface area contributed by atoms with Crippen LogP contribution in [0.4, 0.5) is 32.0 Å². The molecule has 0 aliphatic carbocycles. The quantitative estimate of drug-likeness (QED) is 0.448. The molecule has 0 radical (unpaired) electrons. The van der Waals surface area contributed by atoms with Crippen LogP contribution in [-0.4, -0.2) is 42.0 Å². The van der Waals surface area contributed by atoms with Crippen LogP contribution in [0.5, 0.6) is 11.5 Å². The summed E-state index contributed by atoms with van der Waals surface area (Å²) < 4.78 is 86.7. The van der Waals surface area contributed by atoms with Crippen LogP contribution in [-0.2, 0) is 6.54 Å². The van der Waals surface area contributed by atoms with Gasteiger partial charge in [-0.15, -0.1) is 13.2 Å². The number of rotatable bonds is 8. The number of nitrogens with zero attached hydrogens (tertiary/aromatic N) is 2. The lowest BCUT2D eigenvalue weighted by atomic mass is 9.99. The molecule has 1 unspecified atom stereocenters. The second-order valence-electron chi connectivity index (χ2n) is 8.61. The van der Waals surface area contributed by atoms with Crippen molar-refractivity contribution in [3.05, 3.63) is 65.9 Å². The van der Waals surface area contributed by atoms with E-state index in [0.717, 1.165) is 12.1 Å². The monoisotopic (exact) mass is 502 g/mol. The van der Waals surface area contributed by atoms with Crippen LogP contribution >= 0.6 is 0 Å². The third-order valence-corrected chi connectivity index (χ3v) is 5.04. The molecule has 0 fully saturated rings. The highest BCUT2D eigenvalue weighted by molar-refractivity contribution is 5.78. The van der Waals surface area contributed by atoms with Crippen molar-refractivity contribution in [1.29, 1.82) is 0 Å². The van der Waals surface area contributed by atoms with E-state index in [1.54, 1.807) is 18.3 Å². The summed E-state index contributed by atoms with van der Waals surface area (Å²) in [5, 5.41) is 9.68. The normalized spacial score (nSPS) is 16.4. The number of alkyl halides is 6. The highest BCUT2D eigenvalue weighted by Gasteiger charge is 2.39. The summed E-state index contributed by atoms with van der Waals surface area (Å²) in [6, 6.07) is 11.1. The van der Waals surface area contributed by atoms with E-state index in [1.807, 2.05) is 19.9 Å². The maximum absolute atomic E-state index is 13.1. The number of aliphatic imine (C=N–C) groups is 1. The zero-order chi connectivity index (χ0) is 25.9. The maximum atomic E-state index is 13.1.